The average molecular weight is 430 g/mol. The first-order valence-corrected chi connectivity index (χ1v) is 10.9. The fourth-order valence-corrected chi connectivity index (χ4v) is 4.44. The topological polar surface area (TPSA) is 118 Å². The number of benzene rings is 1. The molecule has 0 saturated heterocycles. The number of para-hydroxylation sites is 1. The number of hydrogen-bond acceptors (Lipinski definition) is 9. The number of ketones is 1. The summed E-state index contributed by atoms with van der Waals surface area (Å²) in [6.45, 7) is 0. The Balaban J connectivity index is 1.97. The molecule has 1 unspecified atom stereocenters. The van der Waals surface area contributed by atoms with E-state index in [1.54, 1.807) is 23.9 Å². The van der Waals surface area contributed by atoms with Gasteiger partial charge in [-0.25, -0.2) is 4.79 Å². The van der Waals surface area contributed by atoms with Crippen LogP contribution in [0.15, 0.2) is 34.9 Å². The number of hydrogen-bond donors (Lipinski definition) is 2. The smallest absolute Gasteiger partial charge is 0.328 e. The van der Waals surface area contributed by atoms with E-state index in [0.717, 1.165) is 17.1 Å². The molecule has 0 fully saturated rings. The molecule has 2 heterocycles. The minimum Gasteiger partial charge on any atom is -0.467 e. The van der Waals surface area contributed by atoms with Gasteiger partial charge in [-0.3, -0.25) is 4.79 Å². The normalized spacial score (nSPS) is 11.8. The van der Waals surface area contributed by atoms with Gasteiger partial charge in [-0.05, 0) is 24.5 Å². The molecule has 0 saturated carbocycles. The number of nitrogen functional groups attached to an aromatic ring is 1. The molecule has 3 rings (SSSR count). The lowest BCUT2D eigenvalue weighted by atomic mass is 10.1. The van der Waals surface area contributed by atoms with Crippen molar-refractivity contribution in [1.29, 1.82) is 5.26 Å². The molecule has 9 heteroatoms. The molecule has 150 valence electrons. The fraction of sp³-hybridized carbons (Fsp3) is 0.250. The van der Waals surface area contributed by atoms with Crippen LogP contribution < -0.4 is 11.1 Å². The highest BCUT2D eigenvalue weighted by Crippen LogP contribution is 2.38. The molecule has 3 N–H and O–H groups in total. The van der Waals surface area contributed by atoms with Crippen LogP contribution in [0.5, 0.6) is 0 Å². The molecule has 7 nitrogen and oxygen atoms in total. The van der Waals surface area contributed by atoms with Crippen LogP contribution in [0.2, 0.25) is 0 Å². The summed E-state index contributed by atoms with van der Waals surface area (Å²) >= 11 is 2.64. The number of rotatable bonds is 8. The van der Waals surface area contributed by atoms with Crippen molar-refractivity contribution in [2.75, 3.05) is 30.2 Å². The molecule has 1 atom stereocenters. The van der Waals surface area contributed by atoms with Crippen molar-refractivity contribution in [1.82, 2.24) is 0 Å². The van der Waals surface area contributed by atoms with Crippen LogP contribution in [0.4, 0.5) is 10.7 Å². The van der Waals surface area contributed by atoms with Gasteiger partial charge in [0.25, 0.3) is 0 Å². The number of carbonyl (C=O) groups excluding carboxylic acids is 2. The molecule has 1 aromatic carbocycles. The van der Waals surface area contributed by atoms with E-state index in [2.05, 4.69) is 5.32 Å². The fourth-order valence-electron chi connectivity index (χ4n) is 2.89. The highest BCUT2D eigenvalue weighted by molar-refractivity contribution is 7.98. The van der Waals surface area contributed by atoms with Crippen molar-refractivity contribution in [3.05, 3.63) is 46.5 Å². The van der Waals surface area contributed by atoms with E-state index in [9.17, 15) is 14.9 Å². The number of fused-ring (bicyclic) bond motifs is 1. The van der Waals surface area contributed by atoms with E-state index in [1.165, 1.54) is 13.4 Å². The molecule has 0 aliphatic rings. The largest absolute Gasteiger partial charge is 0.467 e. The van der Waals surface area contributed by atoms with Gasteiger partial charge < -0.3 is 20.2 Å². The van der Waals surface area contributed by atoms with Crippen LogP contribution in [-0.4, -0.2) is 36.9 Å². The third kappa shape index (κ3) is 4.09. The van der Waals surface area contributed by atoms with Crippen LogP contribution in [0.1, 0.15) is 27.2 Å². The minimum absolute atomic E-state index is 0.0868. The van der Waals surface area contributed by atoms with E-state index < -0.39 is 12.0 Å². The summed E-state index contributed by atoms with van der Waals surface area (Å²) in [5.41, 5.74) is 7.32. The lowest BCUT2D eigenvalue weighted by Crippen LogP contribution is -2.31. The Labute approximate surface area is 175 Å². The van der Waals surface area contributed by atoms with Crippen molar-refractivity contribution in [3.63, 3.8) is 0 Å². The Bertz CT molecular complexity index is 1100. The zero-order chi connectivity index (χ0) is 21.0. The van der Waals surface area contributed by atoms with Gasteiger partial charge in [0.05, 0.1) is 18.4 Å². The average Bonchev–Trinajstić information content (AvgIpc) is 3.30. The maximum absolute atomic E-state index is 13.1. The molecule has 29 heavy (non-hydrogen) atoms. The van der Waals surface area contributed by atoms with E-state index in [1.807, 2.05) is 24.5 Å². The zero-order valence-electron chi connectivity index (χ0n) is 15.9. The minimum atomic E-state index is -0.643. The Morgan fingerprint density at radius 3 is 2.86 bits per heavy atom. The second-order valence-corrected chi connectivity index (χ2v) is 8.14. The van der Waals surface area contributed by atoms with Crippen molar-refractivity contribution in [2.45, 2.75) is 12.5 Å². The molecule has 2 aromatic heterocycles. The molecular formula is C20H19N3O4S2. The van der Waals surface area contributed by atoms with Crippen LogP contribution >= 0.6 is 23.1 Å². The molecule has 0 spiro atoms. The van der Waals surface area contributed by atoms with Crippen molar-refractivity contribution < 1.29 is 18.7 Å². The van der Waals surface area contributed by atoms with Gasteiger partial charge >= 0.3 is 5.97 Å². The monoisotopic (exact) mass is 429 g/mol. The summed E-state index contributed by atoms with van der Waals surface area (Å²) < 4.78 is 10.3. The van der Waals surface area contributed by atoms with Crippen LogP contribution in [0, 0.1) is 11.3 Å². The molecule has 0 amide bonds. The number of carbonyl (C=O) groups is 2. The van der Waals surface area contributed by atoms with Crippen LogP contribution in [0.3, 0.4) is 0 Å². The number of ether oxygens (including phenoxy) is 1. The van der Waals surface area contributed by atoms with Crippen molar-refractivity contribution in [2.24, 2.45) is 0 Å². The number of methoxy groups -OCH3 is 1. The van der Waals surface area contributed by atoms with Gasteiger partial charge in [-0.2, -0.15) is 17.0 Å². The third-order valence-electron chi connectivity index (χ3n) is 4.39. The summed E-state index contributed by atoms with van der Waals surface area (Å²) in [5, 5.41) is 13.6. The lowest BCUT2D eigenvalue weighted by Gasteiger charge is -2.16. The van der Waals surface area contributed by atoms with Gasteiger partial charge in [0.1, 0.15) is 39.4 Å². The van der Waals surface area contributed by atoms with Crippen molar-refractivity contribution >= 4 is 56.5 Å². The summed E-state index contributed by atoms with van der Waals surface area (Å²) in [5.74, 6) is -0.0492. The predicted molar refractivity (Wildman–Crippen MR) is 116 cm³/mol. The number of nitrogens with zero attached hydrogens (tertiary/aromatic N) is 1. The second-order valence-electron chi connectivity index (χ2n) is 6.14. The van der Waals surface area contributed by atoms with Crippen LogP contribution in [-0.2, 0) is 9.53 Å². The number of thiophene rings is 1. The van der Waals surface area contributed by atoms with Crippen molar-refractivity contribution in [3.8, 4) is 6.07 Å². The first kappa shape index (κ1) is 20.8. The molecule has 0 aliphatic heterocycles. The number of nitriles is 1. The molecular weight excluding hydrogens is 410 g/mol. The summed E-state index contributed by atoms with van der Waals surface area (Å²) in [6.07, 6.45) is 3.83. The third-order valence-corrected chi connectivity index (χ3v) is 6.17. The highest BCUT2D eigenvalue weighted by atomic mass is 32.2. The Hall–Kier alpha value is -2.96. The molecule has 0 radical (unpaired) electrons. The van der Waals surface area contributed by atoms with Gasteiger partial charge in [0.15, 0.2) is 0 Å². The first-order valence-electron chi connectivity index (χ1n) is 8.68. The highest BCUT2D eigenvalue weighted by Gasteiger charge is 2.27. The molecule has 3 aromatic rings. The number of nitrogens with one attached hydrogen (secondary N) is 1. The van der Waals surface area contributed by atoms with E-state index in [-0.39, 0.29) is 21.9 Å². The lowest BCUT2D eigenvalue weighted by molar-refractivity contribution is -0.141. The SMILES string of the molecule is COC(=O)C(CCSC)Nc1sc(C(=O)c2coc3ccccc23)c(N)c1C#N. The number of nitrogens with two attached hydrogens (primary N) is 1. The molecule has 0 aliphatic carbocycles. The number of esters is 1. The number of anilines is 2. The maximum Gasteiger partial charge on any atom is 0.328 e. The van der Waals surface area contributed by atoms with E-state index >= 15 is 0 Å². The summed E-state index contributed by atoms with van der Waals surface area (Å²) in [4.78, 5) is 25.4. The van der Waals surface area contributed by atoms with E-state index in [4.69, 9.17) is 14.9 Å². The summed E-state index contributed by atoms with van der Waals surface area (Å²) in [7, 11) is 1.31. The number of thioether (sulfide) groups is 1. The Kier molecular flexibility index (Phi) is 6.46. The summed E-state index contributed by atoms with van der Waals surface area (Å²) in [6, 6.07) is 8.57. The quantitative estimate of drug-likeness (QED) is 0.409. The zero-order valence-corrected chi connectivity index (χ0v) is 17.5. The maximum atomic E-state index is 13.1. The second kappa shape index (κ2) is 9.03. The van der Waals surface area contributed by atoms with Crippen LogP contribution in [0.25, 0.3) is 11.0 Å². The predicted octanol–water partition coefficient (Wildman–Crippen LogP) is 3.89. The Morgan fingerprint density at radius 1 is 1.41 bits per heavy atom. The van der Waals surface area contributed by atoms with E-state index in [0.29, 0.717) is 28.0 Å². The van der Waals surface area contributed by atoms with Gasteiger partial charge in [-0.1, -0.05) is 18.2 Å². The van der Waals surface area contributed by atoms with Gasteiger partial charge in [0.2, 0.25) is 5.78 Å². The van der Waals surface area contributed by atoms with Gasteiger partial charge in [-0.15, -0.1) is 11.3 Å². The van der Waals surface area contributed by atoms with Gasteiger partial charge in [0, 0.05) is 5.39 Å². The Morgan fingerprint density at radius 2 is 2.17 bits per heavy atom. The first-order chi connectivity index (χ1) is 14.0. The number of furan rings is 1. The molecule has 0 bridgehead atoms. The standard InChI is InChI=1S/C20H19N3O4S2/c1-26-20(25)14(7-8-28-2)23-19-12(9-21)16(22)18(29-19)17(24)13-10-27-15-6-4-3-5-11(13)15/h3-6,10,14,23H,7-8,22H2,1-2H3.